The summed E-state index contributed by atoms with van der Waals surface area (Å²) in [7, 11) is 0. The molecule has 1 aromatic heterocycles. The third kappa shape index (κ3) is 4.95. The van der Waals surface area contributed by atoms with E-state index in [1.807, 2.05) is 12.1 Å². The number of carbonyl (C=O) groups is 1. The lowest BCUT2D eigenvalue weighted by Crippen LogP contribution is -2.24. The van der Waals surface area contributed by atoms with Crippen LogP contribution in [0.15, 0.2) is 92.3 Å². The van der Waals surface area contributed by atoms with E-state index in [9.17, 15) is 14.0 Å². The number of para-hydroxylation sites is 1. The Labute approximate surface area is 195 Å². The van der Waals surface area contributed by atoms with Crippen LogP contribution in [0.1, 0.15) is 5.56 Å². The van der Waals surface area contributed by atoms with Crippen LogP contribution in [-0.4, -0.2) is 27.4 Å². The average molecular weight is 511 g/mol. The van der Waals surface area contributed by atoms with Crippen molar-refractivity contribution in [2.45, 2.75) is 5.16 Å². The molecule has 4 rings (SSSR count). The summed E-state index contributed by atoms with van der Waals surface area (Å²) in [5, 5.41) is 4.66. The molecule has 1 N–H and O–H groups in total. The zero-order chi connectivity index (χ0) is 22.5. The highest BCUT2D eigenvalue weighted by Gasteiger charge is 2.14. The van der Waals surface area contributed by atoms with Crippen LogP contribution in [0.25, 0.3) is 16.6 Å². The minimum Gasteiger partial charge on any atom is -0.272 e. The molecule has 3 aromatic carbocycles. The van der Waals surface area contributed by atoms with Gasteiger partial charge in [-0.1, -0.05) is 58.0 Å². The van der Waals surface area contributed by atoms with Gasteiger partial charge in [0.05, 0.1) is 28.6 Å². The fourth-order valence-electron chi connectivity index (χ4n) is 2.94. The first kappa shape index (κ1) is 21.9. The number of hydrogen-bond acceptors (Lipinski definition) is 5. The van der Waals surface area contributed by atoms with Crippen molar-refractivity contribution >= 4 is 50.7 Å². The summed E-state index contributed by atoms with van der Waals surface area (Å²) >= 11 is 4.50. The molecule has 0 spiro atoms. The molecule has 0 unspecified atom stereocenters. The van der Waals surface area contributed by atoms with Crippen LogP contribution in [0.2, 0.25) is 0 Å². The van der Waals surface area contributed by atoms with Crippen molar-refractivity contribution in [1.82, 2.24) is 15.0 Å². The number of benzene rings is 3. The van der Waals surface area contributed by atoms with E-state index >= 15 is 0 Å². The summed E-state index contributed by atoms with van der Waals surface area (Å²) in [6.07, 6.45) is 1.24. The molecule has 1 amide bonds. The number of rotatable bonds is 6. The maximum atomic E-state index is 13.6. The molecule has 0 atom stereocenters. The van der Waals surface area contributed by atoms with E-state index in [0.29, 0.717) is 21.7 Å². The van der Waals surface area contributed by atoms with Gasteiger partial charge in [-0.2, -0.15) is 5.10 Å². The van der Waals surface area contributed by atoms with Gasteiger partial charge in [0.15, 0.2) is 5.16 Å². The third-order valence-corrected chi connectivity index (χ3v) is 5.93. The van der Waals surface area contributed by atoms with Crippen LogP contribution in [0.4, 0.5) is 4.39 Å². The van der Waals surface area contributed by atoms with Crippen molar-refractivity contribution in [2.75, 3.05) is 5.75 Å². The quantitative estimate of drug-likeness (QED) is 0.179. The third-order valence-electron chi connectivity index (χ3n) is 4.46. The van der Waals surface area contributed by atoms with Crippen LogP contribution >= 0.6 is 27.7 Å². The Morgan fingerprint density at radius 1 is 1.09 bits per heavy atom. The Morgan fingerprint density at radius 3 is 2.59 bits per heavy atom. The lowest BCUT2D eigenvalue weighted by molar-refractivity contribution is -0.118. The molecule has 1 heterocycles. The maximum Gasteiger partial charge on any atom is 0.266 e. The Kier molecular flexibility index (Phi) is 6.77. The first-order valence-electron chi connectivity index (χ1n) is 9.50. The topological polar surface area (TPSA) is 76.3 Å². The first-order valence-corrected chi connectivity index (χ1v) is 11.3. The highest BCUT2D eigenvalue weighted by molar-refractivity contribution is 9.10. The molecule has 160 valence electrons. The number of carbonyl (C=O) groups excluding carboxylic acids is 1. The molecule has 0 aliphatic rings. The fraction of sp³-hybridized carbons (Fsp3) is 0.0435. The number of aromatic nitrogens is 2. The van der Waals surface area contributed by atoms with Crippen LogP contribution in [-0.2, 0) is 4.79 Å². The number of amides is 1. The van der Waals surface area contributed by atoms with Gasteiger partial charge in [0.2, 0.25) is 0 Å². The van der Waals surface area contributed by atoms with Gasteiger partial charge in [0.25, 0.3) is 11.5 Å². The zero-order valence-electron chi connectivity index (χ0n) is 16.5. The van der Waals surface area contributed by atoms with Crippen LogP contribution in [0.3, 0.4) is 0 Å². The molecule has 0 fully saturated rings. The molecule has 6 nitrogen and oxygen atoms in total. The first-order chi connectivity index (χ1) is 15.5. The molecule has 0 aliphatic heterocycles. The van der Waals surface area contributed by atoms with Crippen molar-refractivity contribution in [3.63, 3.8) is 0 Å². The zero-order valence-corrected chi connectivity index (χ0v) is 18.9. The Bertz CT molecular complexity index is 1370. The van der Waals surface area contributed by atoms with Gasteiger partial charge in [0.1, 0.15) is 5.82 Å². The summed E-state index contributed by atoms with van der Waals surface area (Å²) in [5.41, 5.74) is 3.59. The molecule has 32 heavy (non-hydrogen) atoms. The van der Waals surface area contributed by atoms with E-state index in [-0.39, 0.29) is 16.9 Å². The molecule has 9 heteroatoms. The van der Waals surface area contributed by atoms with E-state index < -0.39 is 11.7 Å². The fourth-order valence-corrected chi connectivity index (χ4v) is 4.01. The van der Waals surface area contributed by atoms with Gasteiger partial charge in [-0.25, -0.2) is 14.8 Å². The van der Waals surface area contributed by atoms with Crippen LogP contribution < -0.4 is 11.0 Å². The number of hydrogen-bond donors (Lipinski definition) is 1. The summed E-state index contributed by atoms with van der Waals surface area (Å²) in [6, 6.07) is 20.4. The number of halogens is 2. The van der Waals surface area contributed by atoms with Gasteiger partial charge in [-0.3, -0.25) is 14.2 Å². The lowest BCUT2D eigenvalue weighted by atomic mass is 10.2. The van der Waals surface area contributed by atoms with Crippen LogP contribution in [0.5, 0.6) is 0 Å². The van der Waals surface area contributed by atoms with Crippen molar-refractivity contribution in [2.24, 2.45) is 5.10 Å². The SMILES string of the molecule is O=C(CSc1nc2ccccc2c(=O)n1-c1ccc(Br)cc1)NN=Cc1ccccc1F. The molecule has 0 aliphatic carbocycles. The van der Waals surface area contributed by atoms with Crippen molar-refractivity contribution in [3.05, 3.63) is 99.0 Å². The van der Waals surface area contributed by atoms with E-state index in [0.717, 1.165) is 16.2 Å². The number of thioether (sulfide) groups is 1. The summed E-state index contributed by atoms with van der Waals surface area (Å²) < 4.78 is 16.0. The molecule has 0 radical (unpaired) electrons. The lowest BCUT2D eigenvalue weighted by Gasteiger charge is -2.13. The highest BCUT2D eigenvalue weighted by atomic mass is 79.9. The molecular weight excluding hydrogens is 495 g/mol. The molecule has 0 saturated carbocycles. The van der Waals surface area contributed by atoms with Gasteiger partial charge in [-0.05, 0) is 42.5 Å². The van der Waals surface area contributed by atoms with E-state index in [2.05, 4.69) is 31.4 Å². The van der Waals surface area contributed by atoms with Crippen molar-refractivity contribution in [1.29, 1.82) is 0 Å². The second-order valence-corrected chi connectivity index (χ2v) is 8.49. The smallest absolute Gasteiger partial charge is 0.266 e. The summed E-state index contributed by atoms with van der Waals surface area (Å²) in [4.78, 5) is 30.0. The molecular formula is C23H16BrFN4O2S. The van der Waals surface area contributed by atoms with Crippen molar-refractivity contribution in [3.8, 4) is 5.69 Å². The second kappa shape index (κ2) is 9.88. The van der Waals surface area contributed by atoms with E-state index in [4.69, 9.17) is 0 Å². The predicted octanol–water partition coefficient (Wildman–Crippen LogP) is 4.53. The summed E-state index contributed by atoms with van der Waals surface area (Å²) in [5.74, 6) is -0.873. The van der Waals surface area contributed by atoms with Gasteiger partial charge >= 0.3 is 0 Å². The van der Waals surface area contributed by atoms with Gasteiger partial charge in [0, 0.05) is 10.0 Å². The minimum atomic E-state index is -0.432. The van der Waals surface area contributed by atoms with Gasteiger partial charge in [-0.15, -0.1) is 0 Å². The Morgan fingerprint density at radius 2 is 1.81 bits per heavy atom. The number of nitrogens with one attached hydrogen (secondary N) is 1. The molecule has 0 bridgehead atoms. The molecule has 4 aromatic rings. The Hall–Kier alpha value is -3.30. The number of nitrogens with zero attached hydrogens (tertiary/aromatic N) is 3. The normalized spacial score (nSPS) is 11.2. The summed E-state index contributed by atoms with van der Waals surface area (Å²) in [6.45, 7) is 0. The second-order valence-electron chi connectivity index (χ2n) is 6.63. The highest BCUT2D eigenvalue weighted by Crippen LogP contribution is 2.22. The van der Waals surface area contributed by atoms with Crippen LogP contribution in [0, 0.1) is 5.82 Å². The monoisotopic (exact) mass is 510 g/mol. The number of fused-ring (bicyclic) bond motifs is 1. The number of hydrazone groups is 1. The maximum absolute atomic E-state index is 13.6. The van der Waals surface area contributed by atoms with Crippen molar-refractivity contribution < 1.29 is 9.18 Å². The largest absolute Gasteiger partial charge is 0.272 e. The average Bonchev–Trinajstić information content (AvgIpc) is 2.80. The standard InChI is InChI=1S/C23H16BrFN4O2S/c24-16-9-11-17(12-10-16)29-22(31)18-6-2-4-8-20(18)27-23(29)32-14-21(30)28-26-13-15-5-1-3-7-19(15)25/h1-13H,14H2,(H,28,30). The van der Waals surface area contributed by atoms with E-state index in [1.54, 1.807) is 54.6 Å². The molecule has 0 saturated heterocycles. The van der Waals surface area contributed by atoms with E-state index in [1.165, 1.54) is 16.8 Å². The van der Waals surface area contributed by atoms with Gasteiger partial charge < -0.3 is 0 Å². The Balaban J connectivity index is 1.57. The predicted molar refractivity (Wildman–Crippen MR) is 128 cm³/mol. The minimum absolute atomic E-state index is 0.0318.